The summed E-state index contributed by atoms with van der Waals surface area (Å²) in [6, 6.07) is 9.77. The molecule has 1 fully saturated rings. The number of hydrogen-bond acceptors (Lipinski definition) is 9. The van der Waals surface area contributed by atoms with E-state index in [-0.39, 0.29) is 6.54 Å². The van der Waals surface area contributed by atoms with Crippen LogP contribution in [0, 0.1) is 0 Å². The van der Waals surface area contributed by atoms with Gasteiger partial charge in [0.05, 0.1) is 39.3 Å². The fourth-order valence-corrected chi connectivity index (χ4v) is 5.19. The molecule has 5 aromatic rings. The van der Waals surface area contributed by atoms with Gasteiger partial charge < -0.3 is 20.1 Å². The second-order valence-electron chi connectivity index (χ2n) is 8.64. The van der Waals surface area contributed by atoms with Crippen LogP contribution in [0.5, 0.6) is 11.6 Å². The number of halogens is 1. The molecular weight excluding hydrogens is 481 g/mol. The number of fused-ring (bicyclic) bond motifs is 2. The Morgan fingerprint density at radius 3 is 2.94 bits per heavy atom. The maximum absolute atomic E-state index is 14.8. The van der Waals surface area contributed by atoms with E-state index in [4.69, 9.17) is 9.47 Å². The molecule has 2 aromatic carbocycles. The van der Waals surface area contributed by atoms with Crippen LogP contribution in [0.15, 0.2) is 48.4 Å². The van der Waals surface area contributed by atoms with Crippen LogP contribution in [0.3, 0.4) is 0 Å². The molecule has 1 saturated heterocycles. The molecule has 4 heterocycles. The van der Waals surface area contributed by atoms with Gasteiger partial charge in [-0.1, -0.05) is 0 Å². The number of aromatic nitrogens is 5. The largest absolute Gasteiger partial charge is 0.486 e. The molecule has 0 radical (unpaired) electrons. The topological polar surface area (TPSA) is 99.0 Å². The van der Waals surface area contributed by atoms with Crippen LogP contribution in [0.1, 0.15) is 6.42 Å². The van der Waals surface area contributed by atoms with Crippen LogP contribution < -0.4 is 20.1 Å². The van der Waals surface area contributed by atoms with E-state index in [1.165, 1.54) is 6.33 Å². The van der Waals surface area contributed by atoms with Gasteiger partial charge in [-0.25, -0.2) is 19.3 Å². The Morgan fingerprint density at radius 2 is 2.08 bits per heavy atom. The van der Waals surface area contributed by atoms with Crippen molar-refractivity contribution in [2.24, 2.45) is 7.05 Å². The minimum Gasteiger partial charge on any atom is -0.486 e. The van der Waals surface area contributed by atoms with Crippen LogP contribution in [-0.2, 0) is 7.05 Å². The molecule has 0 spiro atoms. The quantitative estimate of drug-likeness (QED) is 0.349. The van der Waals surface area contributed by atoms with Crippen molar-refractivity contribution in [1.29, 1.82) is 0 Å². The number of benzene rings is 2. The number of anilines is 2. The van der Waals surface area contributed by atoms with E-state index in [1.54, 1.807) is 23.1 Å². The fraction of sp³-hybridized carbons (Fsp3) is 0.280. The fourth-order valence-electron chi connectivity index (χ4n) is 4.48. The van der Waals surface area contributed by atoms with E-state index in [1.807, 2.05) is 49.1 Å². The number of ether oxygens (including phenoxy) is 2. The third-order valence-corrected chi connectivity index (χ3v) is 7.01. The van der Waals surface area contributed by atoms with Gasteiger partial charge in [0.15, 0.2) is 0 Å². The van der Waals surface area contributed by atoms with Crippen LogP contribution in [0.4, 0.5) is 15.9 Å². The maximum atomic E-state index is 14.8. The highest BCUT2D eigenvalue weighted by Gasteiger charge is 2.28. The zero-order chi connectivity index (χ0) is 24.6. The summed E-state index contributed by atoms with van der Waals surface area (Å²) in [5, 5.41) is 11.5. The lowest BCUT2D eigenvalue weighted by molar-refractivity contribution is 0.0744. The SMILES string of the molecule is COc1nn(C)cc1-c1cc(O[C@H]2CCNC[C@H]2F)c2c(Nc3ccc4ncsc4c3)ncnc2c1. The number of nitrogens with one attached hydrogen (secondary N) is 2. The molecule has 184 valence electrons. The molecule has 2 N–H and O–H groups in total. The third kappa shape index (κ3) is 4.20. The highest BCUT2D eigenvalue weighted by Crippen LogP contribution is 2.39. The lowest BCUT2D eigenvalue weighted by Gasteiger charge is -2.28. The number of methoxy groups -OCH3 is 1. The molecule has 0 amide bonds. The Hall–Kier alpha value is -3.83. The summed E-state index contributed by atoms with van der Waals surface area (Å²) in [4.78, 5) is 13.4. The zero-order valence-corrected chi connectivity index (χ0v) is 20.6. The number of thiazole rings is 1. The second-order valence-corrected chi connectivity index (χ2v) is 9.53. The van der Waals surface area contributed by atoms with E-state index in [0.717, 1.165) is 27.0 Å². The normalized spacial score (nSPS) is 18.0. The van der Waals surface area contributed by atoms with Gasteiger partial charge in [-0.2, -0.15) is 0 Å². The van der Waals surface area contributed by atoms with Crippen molar-refractivity contribution in [3.63, 3.8) is 0 Å². The summed E-state index contributed by atoms with van der Waals surface area (Å²) in [7, 11) is 3.41. The average molecular weight is 506 g/mol. The number of piperidine rings is 1. The van der Waals surface area contributed by atoms with Gasteiger partial charge in [-0.3, -0.25) is 4.68 Å². The van der Waals surface area contributed by atoms with Gasteiger partial charge in [0.25, 0.3) is 0 Å². The zero-order valence-electron chi connectivity index (χ0n) is 19.7. The van der Waals surface area contributed by atoms with Gasteiger partial charge in [0, 0.05) is 25.5 Å². The lowest BCUT2D eigenvalue weighted by Crippen LogP contribution is -2.44. The Labute approximate surface area is 210 Å². The summed E-state index contributed by atoms with van der Waals surface area (Å²) in [5.74, 6) is 1.57. The van der Waals surface area contributed by atoms with E-state index in [0.29, 0.717) is 41.3 Å². The summed E-state index contributed by atoms with van der Waals surface area (Å²) < 4.78 is 29.4. The first-order chi connectivity index (χ1) is 17.6. The van der Waals surface area contributed by atoms with Crippen molar-refractivity contribution < 1.29 is 13.9 Å². The maximum Gasteiger partial charge on any atom is 0.240 e. The molecule has 3 aromatic heterocycles. The molecule has 1 aliphatic heterocycles. The van der Waals surface area contributed by atoms with Crippen LogP contribution in [0.25, 0.3) is 32.2 Å². The Balaban J connectivity index is 1.48. The first kappa shape index (κ1) is 22.6. The van der Waals surface area contributed by atoms with Crippen molar-refractivity contribution >= 4 is 44.0 Å². The van der Waals surface area contributed by atoms with E-state index in [2.05, 4.69) is 30.7 Å². The van der Waals surface area contributed by atoms with Gasteiger partial charge >= 0.3 is 0 Å². The molecule has 1 aliphatic rings. The first-order valence-corrected chi connectivity index (χ1v) is 12.5. The molecule has 0 bridgehead atoms. The van der Waals surface area contributed by atoms with Gasteiger partial charge in [-0.05, 0) is 48.9 Å². The Kier molecular flexibility index (Phi) is 5.86. The third-order valence-electron chi connectivity index (χ3n) is 6.22. The van der Waals surface area contributed by atoms with Gasteiger partial charge in [0.1, 0.15) is 30.2 Å². The number of hydrogen-bond donors (Lipinski definition) is 2. The molecule has 0 aliphatic carbocycles. The highest BCUT2D eigenvalue weighted by atomic mass is 32.1. The minimum atomic E-state index is -1.12. The molecule has 6 rings (SSSR count). The second kappa shape index (κ2) is 9.32. The average Bonchev–Trinajstić information content (AvgIpc) is 3.51. The highest BCUT2D eigenvalue weighted by molar-refractivity contribution is 7.16. The predicted octanol–water partition coefficient (Wildman–Crippen LogP) is 4.47. The van der Waals surface area contributed by atoms with Crippen molar-refractivity contribution in [3.8, 4) is 22.8 Å². The first-order valence-electron chi connectivity index (χ1n) is 11.6. The number of alkyl halides is 1. The van der Waals surface area contributed by atoms with Crippen LogP contribution in [0.2, 0.25) is 0 Å². The van der Waals surface area contributed by atoms with Gasteiger partial charge in [-0.15, -0.1) is 16.4 Å². The molecule has 9 nitrogen and oxygen atoms in total. The van der Waals surface area contributed by atoms with Crippen molar-refractivity contribution in [3.05, 3.63) is 48.4 Å². The molecular formula is C25H24FN7O2S. The van der Waals surface area contributed by atoms with Crippen molar-refractivity contribution in [1.82, 2.24) is 30.0 Å². The summed E-state index contributed by atoms with van der Waals surface area (Å²) in [6.07, 6.45) is 2.23. The Bertz CT molecular complexity index is 1550. The van der Waals surface area contributed by atoms with Crippen molar-refractivity contribution in [2.45, 2.75) is 18.7 Å². The number of nitrogens with zero attached hydrogens (tertiary/aromatic N) is 5. The van der Waals surface area contributed by atoms with E-state index < -0.39 is 12.3 Å². The van der Waals surface area contributed by atoms with Crippen LogP contribution in [-0.4, -0.2) is 57.2 Å². The molecule has 2 atom stereocenters. The van der Waals surface area contributed by atoms with E-state index in [9.17, 15) is 4.39 Å². The lowest BCUT2D eigenvalue weighted by atomic mass is 10.0. The van der Waals surface area contributed by atoms with E-state index >= 15 is 0 Å². The minimum absolute atomic E-state index is 0.259. The van der Waals surface area contributed by atoms with Gasteiger partial charge in [0.2, 0.25) is 5.88 Å². The smallest absolute Gasteiger partial charge is 0.240 e. The summed E-state index contributed by atoms with van der Waals surface area (Å²) in [6.45, 7) is 0.949. The predicted molar refractivity (Wildman–Crippen MR) is 138 cm³/mol. The number of rotatable bonds is 6. The number of aryl methyl sites for hydroxylation is 1. The van der Waals surface area contributed by atoms with Crippen molar-refractivity contribution in [2.75, 3.05) is 25.5 Å². The standard InChI is InChI=1S/C25H24FN7O2S/c1-33-11-16(25(32-33)34-2)14-7-19-23(21(8-14)35-20-5-6-27-10-17(20)26)24(29-12-28-19)31-15-3-4-18-22(9-15)36-13-30-18/h3-4,7-9,11-13,17,20,27H,5-6,10H2,1-2H3,(H,28,29,31)/t17-,20+/m1/s1. The summed E-state index contributed by atoms with van der Waals surface area (Å²) >= 11 is 1.57. The monoisotopic (exact) mass is 505 g/mol. The molecule has 0 unspecified atom stereocenters. The summed E-state index contributed by atoms with van der Waals surface area (Å²) in [5.41, 5.74) is 5.88. The van der Waals surface area contributed by atoms with Crippen LogP contribution >= 0.6 is 11.3 Å². The molecule has 36 heavy (non-hydrogen) atoms. The molecule has 0 saturated carbocycles. The Morgan fingerprint density at radius 1 is 1.17 bits per heavy atom. The molecule has 11 heteroatoms.